The van der Waals surface area contributed by atoms with Crippen molar-refractivity contribution in [1.82, 2.24) is 0 Å². The normalized spacial score (nSPS) is 29.5. The van der Waals surface area contributed by atoms with Crippen LogP contribution < -0.4 is 11.1 Å². The third-order valence-corrected chi connectivity index (χ3v) is 4.47. The molecule has 0 bridgehead atoms. The van der Waals surface area contributed by atoms with Gasteiger partial charge in [-0.2, -0.15) is 0 Å². The van der Waals surface area contributed by atoms with Crippen LogP contribution in [0.4, 0.5) is 11.4 Å². The molecule has 96 valence electrons. The number of carbonyl (C=O) groups excluding carboxylic acids is 1. The number of rotatable bonds is 2. The first-order valence-electron chi connectivity index (χ1n) is 6.52. The third kappa shape index (κ3) is 2.07. The average Bonchev–Trinajstić information content (AvgIpc) is 3.08. The summed E-state index contributed by atoms with van der Waals surface area (Å²) >= 11 is 5.91. The van der Waals surface area contributed by atoms with E-state index in [1.54, 1.807) is 18.2 Å². The van der Waals surface area contributed by atoms with Crippen molar-refractivity contribution in [2.45, 2.75) is 25.7 Å². The summed E-state index contributed by atoms with van der Waals surface area (Å²) in [5.41, 5.74) is 7.03. The Morgan fingerprint density at radius 3 is 2.61 bits per heavy atom. The summed E-state index contributed by atoms with van der Waals surface area (Å²) in [6.45, 7) is 0. The predicted molar refractivity (Wildman–Crippen MR) is 73.4 cm³/mol. The molecule has 2 aliphatic carbocycles. The fourth-order valence-corrected chi connectivity index (χ4v) is 3.41. The van der Waals surface area contributed by atoms with E-state index < -0.39 is 0 Å². The molecule has 3 N–H and O–H groups in total. The zero-order chi connectivity index (χ0) is 12.7. The molecule has 0 spiro atoms. The Balaban J connectivity index is 1.69. The van der Waals surface area contributed by atoms with Crippen LogP contribution >= 0.6 is 11.6 Å². The molecule has 1 aromatic carbocycles. The lowest BCUT2D eigenvalue weighted by Gasteiger charge is -2.08. The van der Waals surface area contributed by atoms with Crippen LogP contribution in [0.1, 0.15) is 25.7 Å². The van der Waals surface area contributed by atoms with Crippen LogP contribution in [0.2, 0.25) is 5.02 Å². The number of benzene rings is 1. The van der Waals surface area contributed by atoms with Gasteiger partial charge in [0.15, 0.2) is 0 Å². The van der Waals surface area contributed by atoms with Gasteiger partial charge < -0.3 is 11.1 Å². The molecular formula is C14H17ClN2O. The highest BCUT2D eigenvalue weighted by molar-refractivity contribution is 6.31. The molecular weight excluding hydrogens is 248 g/mol. The Kier molecular flexibility index (Phi) is 2.94. The first-order chi connectivity index (χ1) is 8.66. The van der Waals surface area contributed by atoms with Crippen LogP contribution in [-0.4, -0.2) is 5.91 Å². The molecule has 3 nitrogen and oxygen atoms in total. The fourth-order valence-electron chi connectivity index (χ4n) is 3.23. The Hall–Kier alpha value is -1.22. The average molecular weight is 265 g/mol. The second-order valence-corrected chi connectivity index (χ2v) is 5.80. The fraction of sp³-hybridized carbons (Fsp3) is 0.500. The number of nitrogens with one attached hydrogen (secondary N) is 1. The van der Waals surface area contributed by atoms with Gasteiger partial charge in [0, 0.05) is 10.9 Å². The summed E-state index contributed by atoms with van der Waals surface area (Å²) < 4.78 is 0. The second kappa shape index (κ2) is 4.47. The highest BCUT2D eigenvalue weighted by Gasteiger charge is 2.54. The lowest BCUT2D eigenvalue weighted by molar-refractivity contribution is -0.117. The molecule has 0 saturated heterocycles. The van der Waals surface area contributed by atoms with Gasteiger partial charge in [0.2, 0.25) is 5.91 Å². The minimum Gasteiger partial charge on any atom is -0.397 e. The number of halogens is 1. The highest BCUT2D eigenvalue weighted by Crippen LogP contribution is 2.55. The first-order valence-corrected chi connectivity index (χ1v) is 6.90. The van der Waals surface area contributed by atoms with Crippen molar-refractivity contribution in [2.24, 2.45) is 17.8 Å². The number of hydrogen-bond donors (Lipinski definition) is 2. The summed E-state index contributed by atoms with van der Waals surface area (Å²) in [6.07, 6.45) is 4.94. The molecule has 3 rings (SSSR count). The van der Waals surface area contributed by atoms with E-state index in [1.165, 1.54) is 25.7 Å². The summed E-state index contributed by atoms with van der Waals surface area (Å²) in [5, 5.41) is 3.51. The van der Waals surface area contributed by atoms with E-state index >= 15 is 0 Å². The maximum absolute atomic E-state index is 12.2. The molecule has 1 aromatic rings. The van der Waals surface area contributed by atoms with Gasteiger partial charge in [-0.3, -0.25) is 4.79 Å². The third-order valence-electron chi connectivity index (χ3n) is 4.23. The van der Waals surface area contributed by atoms with Gasteiger partial charge in [-0.15, -0.1) is 0 Å². The molecule has 0 aliphatic heterocycles. The Bertz CT molecular complexity index is 477. The van der Waals surface area contributed by atoms with Crippen LogP contribution in [0.15, 0.2) is 18.2 Å². The van der Waals surface area contributed by atoms with Crippen molar-refractivity contribution in [2.75, 3.05) is 11.1 Å². The molecule has 0 radical (unpaired) electrons. The standard InChI is InChI=1S/C14H17ClN2O/c15-8-5-6-11(16)12(7-8)17-14(18)13-9-3-1-2-4-10(9)13/h5-7,9-10,13H,1-4,16H2,(H,17,18). The van der Waals surface area contributed by atoms with Gasteiger partial charge in [0.1, 0.15) is 0 Å². The molecule has 2 atom stereocenters. The van der Waals surface area contributed by atoms with Crippen molar-refractivity contribution < 1.29 is 4.79 Å². The van der Waals surface area contributed by atoms with Crippen molar-refractivity contribution in [3.8, 4) is 0 Å². The summed E-state index contributed by atoms with van der Waals surface area (Å²) in [7, 11) is 0. The van der Waals surface area contributed by atoms with Gasteiger partial charge in [0.05, 0.1) is 11.4 Å². The van der Waals surface area contributed by atoms with Crippen LogP contribution in [0.5, 0.6) is 0 Å². The number of carbonyl (C=O) groups is 1. The number of hydrogen-bond acceptors (Lipinski definition) is 2. The molecule has 2 aliphatic rings. The van der Waals surface area contributed by atoms with E-state index in [4.69, 9.17) is 17.3 Å². The summed E-state index contributed by atoms with van der Waals surface area (Å²) in [6, 6.07) is 5.15. The van der Waals surface area contributed by atoms with E-state index in [-0.39, 0.29) is 11.8 Å². The van der Waals surface area contributed by atoms with Crippen molar-refractivity contribution in [3.63, 3.8) is 0 Å². The molecule has 0 heterocycles. The van der Waals surface area contributed by atoms with Crippen molar-refractivity contribution in [3.05, 3.63) is 23.2 Å². The molecule has 4 heteroatoms. The van der Waals surface area contributed by atoms with Crippen LogP contribution in [0.25, 0.3) is 0 Å². The molecule has 1 amide bonds. The van der Waals surface area contributed by atoms with Crippen LogP contribution in [0, 0.1) is 17.8 Å². The van der Waals surface area contributed by atoms with Gasteiger partial charge >= 0.3 is 0 Å². The maximum atomic E-state index is 12.2. The molecule has 2 saturated carbocycles. The zero-order valence-electron chi connectivity index (χ0n) is 10.2. The molecule has 2 unspecified atom stereocenters. The lowest BCUT2D eigenvalue weighted by atomic mass is 10.0. The van der Waals surface area contributed by atoms with E-state index in [2.05, 4.69) is 5.32 Å². The van der Waals surface area contributed by atoms with E-state index in [9.17, 15) is 4.79 Å². The zero-order valence-corrected chi connectivity index (χ0v) is 10.9. The number of anilines is 2. The number of nitrogens with two attached hydrogens (primary N) is 1. The van der Waals surface area contributed by atoms with Gasteiger partial charge in [-0.25, -0.2) is 0 Å². The maximum Gasteiger partial charge on any atom is 0.228 e. The number of amides is 1. The van der Waals surface area contributed by atoms with E-state index in [0.29, 0.717) is 28.2 Å². The Morgan fingerprint density at radius 2 is 1.94 bits per heavy atom. The molecule has 0 aromatic heterocycles. The smallest absolute Gasteiger partial charge is 0.228 e. The minimum absolute atomic E-state index is 0.112. The molecule has 18 heavy (non-hydrogen) atoms. The van der Waals surface area contributed by atoms with Crippen molar-refractivity contribution >= 4 is 28.9 Å². The topological polar surface area (TPSA) is 55.1 Å². The predicted octanol–water partition coefficient (Wildman–Crippen LogP) is 3.30. The summed E-state index contributed by atoms with van der Waals surface area (Å²) in [4.78, 5) is 12.2. The Labute approximate surface area is 112 Å². The van der Waals surface area contributed by atoms with Crippen LogP contribution in [-0.2, 0) is 4.79 Å². The van der Waals surface area contributed by atoms with Gasteiger partial charge in [-0.05, 0) is 42.9 Å². The minimum atomic E-state index is 0.112. The number of nitrogen functional groups attached to an aromatic ring is 1. The monoisotopic (exact) mass is 264 g/mol. The van der Waals surface area contributed by atoms with Crippen molar-refractivity contribution in [1.29, 1.82) is 0 Å². The second-order valence-electron chi connectivity index (χ2n) is 5.36. The largest absolute Gasteiger partial charge is 0.397 e. The summed E-state index contributed by atoms with van der Waals surface area (Å²) in [5.74, 6) is 1.53. The van der Waals surface area contributed by atoms with Crippen LogP contribution in [0.3, 0.4) is 0 Å². The SMILES string of the molecule is Nc1ccc(Cl)cc1NC(=O)C1C2CCCCC21. The quantitative estimate of drug-likeness (QED) is 0.806. The first kappa shape index (κ1) is 11.8. The van der Waals surface area contributed by atoms with E-state index in [1.807, 2.05) is 0 Å². The van der Waals surface area contributed by atoms with E-state index in [0.717, 1.165) is 0 Å². The molecule has 2 fully saturated rings. The highest BCUT2D eigenvalue weighted by atomic mass is 35.5. The van der Waals surface area contributed by atoms with Gasteiger partial charge in [-0.1, -0.05) is 24.4 Å². The lowest BCUT2D eigenvalue weighted by Crippen LogP contribution is -2.16. The van der Waals surface area contributed by atoms with Gasteiger partial charge in [0.25, 0.3) is 0 Å². The Morgan fingerprint density at radius 1 is 1.28 bits per heavy atom. The number of fused-ring (bicyclic) bond motifs is 1.